The molecule has 1 aliphatic heterocycles. The first kappa shape index (κ1) is 18.2. The van der Waals surface area contributed by atoms with Crippen molar-refractivity contribution in [3.63, 3.8) is 0 Å². The van der Waals surface area contributed by atoms with Crippen molar-refractivity contribution < 1.29 is 9.53 Å². The highest BCUT2D eigenvalue weighted by molar-refractivity contribution is 5.79. The van der Waals surface area contributed by atoms with Crippen LogP contribution in [0.15, 0.2) is 36.7 Å². The van der Waals surface area contributed by atoms with Crippen LogP contribution in [0.5, 0.6) is 5.75 Å². The number of piperidine rings is 1. The van der Waals surface area contributed by atoms with E-state index in [-0.39, 0.29) is 11.8 Å². The molecular formula is C20H24N6O2. The number of hydrogen-bond acceptors (Lipinski definition) is 6. The van der Waals surface area contributed by atoms with Crippen LogP contribution in [-0.4, -0.2) is 45.7 Å². The molecule has 2 aromatic heterocycles. The smallest absolute Gasteiger partial charge is 0.254 e. The topological polar surface area (TPSA) is 84.6 Å². The molecule has 1 amide bonds. The zero-order chi connectivity index (χ0) is 19.5. The van der Waals surface area contributed by atoms with E-state index < -0.39 is 0 Å². The molecule has 28 heavy (non-hydrogen) atoms. The molecule has 8 nitrogen and oxygen atoms in total. The molecule has 1 saturated heterocycles. The Labute approximate surface area is 163 Å². The lowest BCUT2D eigenvalue weighted by molar-refractivity contribution is -0.125. The molecule has 1 aliphatic rings. The minimum Gasteiger partial charge on any atom is -0.497 e. The Bertz CT molecular complexity index is 986. The number of anilines is 1. The first-order valence-electron chi connectivity index (χ1n) is 9.47. The lowest BCUT2D eigenvalue weighted by atomic mass is 9.97. The number of ether oxygens (including phenoxy) is 1. The number of rotatable bonds is 5. The Morgan fingerprint density at radius 1 is 1.36 bits per heavy atom. The summed E-state index contributed by atoms with van der Waals surface area (Å²) in [5.41, 5.74) is 1.91. The molecule has 1 fully saturated rings. The number of nitrogens with one attached hydrogen (secondary N) is 1. The van der Waals surface area contributed by atoms with Crippen LogP contribution in [0.2, 0.25) is 0 Å². The van der Waals surface area contributed by atoms with Crippen LogP contribution in [0, 0.1) is 12.8 Å². The summed E-state index contributed by atoms with van der Waals surface area (Å²) in [7, 11) is 1.64. The third-order valence-electron chi connectivity index (χ3n) is 5.08. The standard InChI is InChI=1S/C20H24N6O2/c1-14-9-18(26-20(24-14)22-13-23-26)25-8-4-6-16(12-25)19(27)21-11-15-5-3-7-17(10-15)28-2/h3,5,7,9-10,13,16H,4,6,8,11-12H2,1-2H3,(H,21,27)/t16-/m0/s1. The zero-order valence-electron chi connectivity index (χ0n) is 16.1. The minimum atomic E-state index is -0.0635. The van der Waals surface area contributed by atoms with Gasteiger partial charge < -0.3 is 15.0 Å². The van der Waals surface area contributed by atoms with Crippen molar-refractivity contribution in [3.8, 4) is 5.75 Å². The van der Waals surface area contributed by atoms with Crippen LogP contribution in [-0.2, 0) is 11.3 Å². The van der Waals surface area contributed by atoms with Crippen LogP contribution < -0.4 is 15.0 Å². The van der Waals surface area contributed by atoms with Crippen molar-refractivity contribution in [2.24, 2.45) is 5.92 Å². The van der Waals surface area contributed by atoms with Gasteiger partial charge in [-0.2, -0.15) is 14.6 Å². The summed E-state index contributed by atoms with van der Waals surface area (Å²) in [5, 5.41) is 7.35. The monoisotopic (exact) mass is 380 g/mol. The predicted molar refractivity (Wildman–Crippen MR) is 105 cm³/mol. The summed E-state index contributed by atoms with van der Waals surface area (Å²) in [6, 6.07) is 9.74. The first-order valence-corrected chi connectivity index (χ1v) is 9.47. The Balaban J connectivity index is 1.44. The van der Waals surface area contributed by atoms with E-state index in [0.717, 1.165) is 42.2 Å². The summed E-state index contributed by atoms with van der Waals surface area (Å²) >= 11 is 0. The van der Waals surface area contributed by atoms with Gasteiger partial charge in [0, 0.05) is 31.4 Å². The van der Waals surface area contributed by atoms with Gasteiger partial charge >= 0.3 is 0 Å². The third kappa shape index (κ3) is 3.76. The molecule has 146 valence electrons. The summed E-state index contributed by atoms with van der Waals surface area (Å²) in [5.74, 6) is 2.32. The quantitative estimate of drug-likeness (QED) is 0.729. The van der Waals surface area contributed by atoms with Gasteiger partial charge in [-0.1, -0.05) is 12.1 Å². The molecule has 0 unspecified atom stereocenters. The van der Waals surface area contributed by atoms with Crippen molar-refractivity contribution in [2.75, 3.05) is 25.1 Å². The van der Waals surface area contributed by atoms with Crippen molar-refractivity contribution >= 4 is 17.5 Å². The first-order chi connectivity index (χ1) is 13.6. The molecular weight excluding hydrogens is 356 g/mol. The number of hydrogen-bond donors (Lipinski definition) is 1. The number of nitrogens with zero attached hydrogens (tertiary/aromatic N) is 5. The van der Waals surface area contributed by atoms with Gasteiger partial charge in [-0.15, -0.1) is 0 Å². The molecule has 0 spiro atoms. The SMILES string of the molecule is COc1cccc(CNC(=O)[C@H]2CCCN(c3cc(C)nc4ncnn34)C2)c1. The van der Waals surface area contributed by atoms with Gasteiger partial charge in [0.2, 0.25) is 5.91 Å². The van der Waals surface area contributed by atoms with Gasteiger partial charge in [0.1, 0.15) is 17.9 Å². The Hall–Kier alpha value is -3.16. The Morgan fingerprint density at radius 3 is 3.11 bits per heavy atom. The maximum absolute atomic E-state index is 12.8. The third-order valence-corrected chi connectivity index (χ3v) is 5.08. The van der Waals surface area contributed by atoms with E-state index in [4.69, 9.17) is 4.74 Å². The maximum atomic E-state index is 12.8. The van der Waals surface area contributed by atoms with E-state index in [9.17, 15) is 4.79 Å². The number of carbonyl (C=O) groups is 1. The molecule has 3 heterocycles. The molecule has 8 heteroatoms. The Morgan fingerprint density at radius 2 is 2.25 bits per heavy atom. The highest BCUT2D eigenvalue weighted by atomic mass is 16.5. The van der Waals surface area contributed by atoms with Gasteiger partial charge in [-0.25, -0.2) is 4.98 Å². The second-order valence-electron chi connectivity index (χ2n) is 7.08. The molecule has 4 rings (SSSR count). The van der Waals surface area contributed by atoms with Crippen molar-refractivity contribution in [2.45, 2.75) is 26.3 Å². The average Bonchev–Trinajstić information content (AvgIpc) is 3.20. The van der Waals surface area contributed by atoms with Crippen molar-refractivity contribution in [3.05, 3.63) is 47.9 Å². The zero-order valence-corrected chi connectivity index (χ0v) is 16.1. The minimum absolute atomic E-state index is 0.0635. The molecule has 1 aromatic carbocycles. The van der Waals surface area contributed by atoms with E-state index >= 15 is 0 Å². The molecule has 0 aliphatic carbocycles. The fraction of sp³-hybridized carbons (Fsp3) is 0.400. The maximum Gasteiger partial charge on any atom is 0.254 e. The van der Waals surface area contributed by atoms with Gasteiger partial charge in [-0.3, -0.25) is 4.79 Å². The number of aryl methyl sites for hydroxylation is 1. The van der Waals surface area contributed by atoms with E-state index in [2.05, 4.69) is 25.3 Å². The van der Waals surface area contributed by atoms with Gasteiger partial charge in [0.25, 0.3) is 5.78 Å². The summed E-state index contributed by atoms with van der Waals surface area (Å²) in [6.07, 6.45) is 3.34. The molecule has 1 N–H and O–H groups in total. The van der Waals surface area contributed by atoms with Gasteiger partial charge in [0.15, 0.2) is 0 Å². The number of aromatic nitrogens is 4. The fourth-order valence-electron chi connectivity index (χ4n) is 3.65. The van der Waals surface area contributed by atoms with Crippen LogP contribution in [0.3, 0.4) is 0 Å². The average molecular weight is 380 g/mol. The largest absolute Gasteiger partial charge is 0.497 e. The molecule has 3 aromatic rings. The number of methoxy groups -OCH3 is 1. The molecule has 0 bridgehead atoms. The summed E-state index contributed by atoms with van der Waals surface area (Å²) in [4.78, 5) is 23.6. The highest BCUT2D eigenvalue weighted by Crippen LogP contribution is 2.24. The second kappa shape index (κ2) is 7.84. The number of fused-ring (bicyclic) bond motifs is 1. The normalized spacial score (nSPS) is 16.9. The summed E-state index contributed by atoms with van der Waals surface area (Å²) in [6.45, 7) is 3.98. The van der Waals surface area contributed by atoms with Crippen molar-refractivity contribution in [1.82, 2.24) is 24.9 Å². The van der Waals surface area contributed by atoms with Crippen LogP contribution in [0.25, 0.3) is 5.78 Å². The van der Waals surface area contributed by atoms with Crippen molar-refractivity contribution in [1.29, 1.82) is 0 Å². The second-order valence-corrected chi connectivity index (χ2v) is 7.08. The number of benzene rings is 1. The van der Waals surface area contributed by atoms with Crippen LogP contribution >= 0.6 is 0 Å². The fourth-order valence-corrected chi connectivity index (χ4v) is 3.65. The molecule has 1 atom stereocenters. The van der Waals surface area contributed by atoms with E-state index in [1.807, 2.05) is 37.3 Å². The molecule has 0 radical (unpaired) electrons. The number of carbonyl (C=O) groups excluding carboxylic acids is 1. The van der Waals surface area contributed by atoms with E-state index in [1.54, 1.807) is 11.6 Å². The molecule has 0 saturated carbocycles. The summed E-state index contributed by atoms with van der Waals surface area (Å²) < 4.78 is 6.98. The van der Waals surface area contributed by atoms with E-state index in [0.29, 0.717) is 18.9 Å². The highest BCUT2D eigenvalue weighted by Gasteiger charge is 2.27. The number of amides is 1. The lowest BCUT2D eigenvalue weighted by Gasteiger charge is -2.33. The van der Waals surface area contributed by atoms with Crippen LogP contribution in [0.1, 0.15) is 24.1 Å². The predicted octanol–water partition coefficient (Wildman–Crippen LogP) is 1.97. The van der Waals surface area contributed by atoms with Gasteiger partial charge in [0.05, 0.1) is 13.0 Å². The van der Waals surface area contributed by atoms with Crippen LogP contribution in [0.4, 0.5) is 5.82 Å². The van der Waals surface area contributed by atoms with Gasteiger partial charge in [-0.05, 0) is 37.5 Å². The van der Waals surface area contributed by atoms with E-state index in [1.165, 1.54) is 6.33 Å². The Kier molecular flexibility index (Phi) is 5.10. The lowest BCUT2D eigenvalue weighted by Crippen LogP contribution is -2.43.